The Kier molecular flexibility index (Phi) is 6.36. The van der Waals surface area contributed by atoms with Gasteiger partial charge in [0.1, 0.15) is 0 Å². The van der Waals surface area contributed by atoms with Crippen LogP contribution in [-0.4, -0.2) is 36.8 Å². The number of benzene rings is 1. The summed E-state index contributed by atoms with van der Waals surface area (Å²) in [6.07, 6.45) is 1.56. The number of carbonyl (C=O) groups is 1. The van der Waals surface area contributed by atoms with Gasteiger partial charge in [-0.2, -0.15) is 0 Å². The second-order valence-corrected chi connectivity index (χ2v) is 9.83. The number of hydrogen-bond acceptors (Lipinski definition) is 6. The Labute approximate surface area is 171 Å². The van der Waals surface area contributed by atoms with Gasteiger partial charge in [-0.25, -0.2) is 8.42 Å². The number of pyridine rings is 1. The average Bonchev–Trinajstić information content (AvgIpc) is 3.15. The smallest absolute Gasteiger partial charge is 0.253 e. The van der Waals surface area contributed by atoms with Crippen LogP contribution in [-0.2, 0) is 16.4 Å². The highest BCUT2D eigenvalue weighted by molar-refractivity contribution is 7.91. The first-order valence-corrected chi connectivity index (χ1v) is 11.4. The lowest BCUT2D eigenvalue weighted by Gasteiger charge is -2.18. The summed E-state index contributed by atoms with van der Waals surface area (Å²) >= 11 is 0. The maximum atomic E-state index is 12.7. The Balaban J connectivity index is 1.75. The van der Waals surface area contributed by atoms with Crippen LogP contribution in [0.25, 0.3) is 0 Å². The number of sulfone groups is 1. The highest BCUT2D eigenvalue weighted by Gasteiger charge is 2.27. The Hall–Kier alpha value is -2.29. The maximum Gasteiger partial charge on any atom is 0.253 e. The lowest BCUT2D eigenvalue weighted by Crippen LogP contribution is -2.31. The summed E-state index contributed by atoms with van der Waals surface area (Å²) in [7, 11) is -3.29. The monoisotopic (exact) mass is 417 g/mol. The van der Waals surface area contributed by atoms with Gasteiger partial charge in [0.2, 0.25) is 0 Å². The number of carbonyl (C=O) groups excluding carboxylic acids is 1. The number of nitrogens with zero attached hydrogens (tertiary/aromatic N) is 1. The summed E-state index contributed by atoms with van der Waals surface area (Å²) in [5.41, 5.74) is 3.04. The Morgan fingerprint density at radius 2 is 2.00 bits per heavy atom. The van der Waals surface area contributed by atoms with Crippen molar-refractivity contribution >= 4 is 15.7 Å². The van der Waals surface area contributed by atoms with Crippen LogP contribution in [0.15, 0.2) is 41.4 Å². The van der Waals surface area contributed by atoms with Crippen molar-refractivity contribution in [3.8, 4) is 0 Å². The molecule has 0 fully saturated rings. The number of fused-ring (bicyclic) bond motifs is 1. The topological polar surface area (TPSA) is 108 Å². The molecule has 0 saturated carbocycles. The van der Waals surface area contributed by atoms with Gasteiger partial charge in [0.05, 0.1) is 40.6 Å². The minimum atomic E-state index is -3.29. The zero-order chi connectivity index (χ0) is 21.2. The number of nitrogens with one attached hydrogen (secondary N) is 2. The SMILES string of the molecule is CCS(=O)(=O)c1ccc([C@@H](CO)NC(=O)c2cnc3c(c2)CN[C@H]3C(C)C)cc1. The van der Waals surface area contributed by atoms with Crippen LogP contribution >= 0.6 is 0 Å². The molecule has 0 aliphatic carbocycles. The molecule has 1 aromatic heterocycles. The molecule has 8 heteroatoms. The molecular weight excluding hydrogens is 390 g/mol. The molecule has 0 saturated heterocycles. The normalized spacial score (nSPS) is 17.2. The summed E-state index contributed by atoms with van der Waals surface area (Å²) in [5, 5.41) is 15.9. The van der Waals surface area contributed by atoms with Crippen molar-refractivity contribution < 1.29 is 18.3 Å². The van der Waals surface area contributed by atoms with Crippen molar-refractivity contribution in [2.24, 2.45) is 5.92 Å². The van der Waals surface area contributed by atoms with Crippen molar-refractivity contribution in [1.29, 1.82) is 0 Å². The van der Waals surface area contributed by atoms with E-state index in [4.69, 9.17) is 0 Å². The van der Waals surface area contributed by atoms with Gasteiger partial charge in [-0.15, -0.1) is 0 Å². The summed E-state index contributed by atoms with van der Waals surface area (Å²) in [4.78, 5) is 17.4. The van der Waals surface area contributed by atoms with E-state index in [1.165, 1.54) is 12.1 Å². The molecule has 2 atom stereocenters. The molecule has 2 aromatic rings. The molecule has 1 amide bonds. The largest absolute Gasteiger partial charge is 0.394 e. The third-order valence-electron chi connectivity index (χ3n) is 5.25. The van der Waals surface area contributed by atoms with E-state index in [0.29, 0.717) is 23.6 Å². The fourth-order valence-electron chi connectivity index (χ4n) is 3.48. The Morgan fingerprint density at radius 1 is 1.31 bits per heavy atom. The van der Waals surface area contributed by atoms with Crippen LogP contribution in [0.4, 0.5) is 0 Å². The van der Waals surface area contributed by atoms with E-state index < -0.39 is 15.9 Å². The molecule has 0 radical (unpaired) electrons. The predicted octanol–water partition coefficient (Wildman–Crippen LogP) is 2.14. The van der Waals surface area contributed by atoms with Crippen molar-refractivity contribution in [3.63, 3.8) is 0 Å². The van der Waals surface area contributed by atoms with Crippen molar-refractivity contribution in [2.75, 3.05) is 12.4 Å². The summed E-state index contributed by atoms with van der Waals surface area (Å²) in [5.74, 6) is 0.0870. The predicted molar refractivity (Wildman–Crippen MR) is 110 cm³/mol. The third-order valence-corrected chi connectivity index (χ3v) is 7.00. The quantitative estimate of drug-likeness (QED) is 0.637. The molecule has 0 spiro atoms. The van der Waals surface area contributed by atoms with Gasteiger partial charge in [-0.1, -0.05) is 32.9 Å². The number of aliphatic hydroxyl groups excluding tert-OH is 1. The van der Waals surface area contributed by atoms with E-state index in [9.17, 15) is 18.3 Å². The molecule has 2 heterocycles. The van der Waals surface area contributed by atoms with Crippen molar-refractivity contribution in [1.82, 2.24) is 15.6 Å². The molecular formula is C21H27N3O4S. The van der Waals surface area contributed by atoms with Crippen LogP contribution in [0.3, 0.4) is 0 Å². The fourth-order valence-corrected chi connectivity index (χ4v) is 4.37. The first-order chi connectivity index (χ1) is 13.8. The van der Waals surface area contributed by atoms with E-state index in [-0.39, 0.29) is 29.2 Å². The molecule has 1 aliphatic rings. The second kappa shape index (κ2) is 8.61. The maximum absolute atomic E-state index is 12.7. The van der Waals surface area contributed by atoms with Gasteiger partial charge < -0.3 is 15.7 Å². The lowest BCUT2D eigenvalue weighted by molar-refractivity contribution is 0.0915. The minimum Gasteiger partial charge on any atom is -0.394 e. The minimum absolute atomic E-state index is 0.0182. The van der Waals surface area contributed by atoms with Gasteiger partial charge >= 0.3 is 0 Å². The fraction of sp³-hybridized carbons (Fsp3) is 0.429. The lowest BCUT2D eigenvalue weighted by atomic mass is 10.0. The number of hydrogen-bond donors (Lipinski definition) is 3. The zero-order valence-electron chi connectivity index (χ0n) is 16.8. The number of aliphatic hydroxyl groups is 1. The van der Waals surface area contributed by atoms with Gasteiger partial charge in [-0.3, -0.25) is 9.78 Å². The number of rotatable bonds is 7. The summed E-state index contributed by atoms with van der Waals surface area (Å²) in [6, 6.07) is 7.60. The van der Waals surface area contributed by atoms with Crippen LogP contribution < -0.4 is 10.6 Å². The van der Waals surface area contributed by atoms with Crippen molar-refractivity contribution in [2.45, 2.75) is 44.3 Å². The molecule has 7 nitrogen and oxygen atoms in total. The summed E-state index contributed by atoms with van der Waals surface area (Å²) < 4.78 is 23.9. The molecule has 156 valence electrons. The van der Waals surface area contributed by atoms with Crippen LogP contribution in [0, 0.1) is 5.92 Å². The third kappa shape index (κ3) is 4.49. The van der Waals surface area contributed by atoms with E-state index >= 15 is 0 Å². The molecule has 0 bridgehead atoms. The van der Waals surface area contributed by atoms with Gasteiger partial charge in [-0.05, 0) is 35.2 Å². The van der Waals surface area contributed by atoms with Crippen LogP contribution in [0.2, 0.25) is 0 Å². The first kappa shape index (κ1) is 21.4. The summed E-state index contributed by atoms with van der Waals surface area (Å²) in [6.45, 7) is 6.20. The number of amides is 1. The highest BCUT2D eigenvalue weighted by Crippen LogP contribution is 2.29. The zero-order valence-corrected chi connectivity index (χ0v) is 17.7. The van der Waals surface area contributed by atoms with Gasteiger partial charge in [0.15, 0.2) is 9.84 Å². The standard InChI is InChI=1S/C21H27N3O4S/c1-4-29(27,28)17-7-5-14(6-8-17)18(12-25)24-21(26)16-9-15-10-22-19(13(2)3)20(15)23-11-16/h5-9,11,13,18-19,22,25H,4,10,12H2,1-3H3,(H,24,26)/t18-,19+/m1/s1. The Morgan fingerprint density at radius 3 is 2.59 bits per heavy atom. The van der Waals surface area contributed by atoms with Crippen LogP contribution in [0.1, 0.15) is 60.0 Å². The molecule has 1 aliphatic heterocycles. The highest BCUT2D eigenvalue weighted by atomic mass is 32.2. The van der Waals surface area contributed by atoms with Gasteiger partial charge in [0.25, 0.3) is 5.91 Å². The van der Waals surface area contributed by atoms with Crippen molar-refractivity contribution in [3.05, 3.63) is 58.9 Å². The molecule has 29 heavy (non-hydrogen) atoms. The molecule has 1 aromatic carbocycles. The second-order valence-electron chi connectivity index (χ2n) is 7.55. The molecule has 3 rings (SSSR count). The molecule has 0 unspecified atom stereocenters. The van der Waals surface area contributed by atoms with Crippen LogP contribution in [0.5, 0.6) is 0 Å². The number of aromatic nitrogens is 1. The Bertz CT molecular complexity index is 987. The van der Waals surface area contributed by atoms with E-state index in [1.54, 1.807) is 25.3 Å². The molecule has 3 N–H and O–H groups in total. The first-order valence-electron chi connectivity index (χ1n) is 9.73. The van der Waals surface area contributed by atoms with Gasteiger partial charge in [0, 0.05) is 12.7 Å². The average molecular weight is 418 g/mol. The van der Waals surface area contributed by atoms with E-state index in [1.807, 2.05) is 6.07 Å². The van der Waals surface area contributed by atoms with E-state index in [2.05, 4.69) is 29.5 Å². The van der Waals surface area contributed by atoms with E-state index in [0.717, 1.165) is 11.3 Å².